The fraction of sp³-hybridized carbons (Fsp3) is 0.625. The van der Waals surface area contributed by atoms with Gasteiger partial charge in [0, 0.05) is 6.54 Å². The fourth-order valence-corrected chi connectivity index (χ4v) is 0.793. The molecule has 0 radical (unpaired) electrons. The molecule has 0 aliphatic heterocycles. The number of oxime groups is 1. The zero-order valence-corrected chi connectivity index (χ0v) is 8.97. The maximum Gasteiger partial charge on any atom is 0.243 e. The van der Waals surface area contributed by atoms with Crippen LogP contribution in [0.2, 0.25) is 0 Å². The Balaban J connectivity index is 3.70. The molecule has 0 heterocycles. The van der Waals surface area contributed by atoms with Crippen LogP contribution >= 0.6 is 0 Å². The molecule has 0 rings (SSSR count). The molecule has 0 aliphatic carbocycles. The van der Waals surface area contributed by atoms with Gasteiger partial charge in [0.15, 0.2) is 5.84 Å². The number of nitrogens with two attached hydrogens (primary N) is 2. The SMILES string of the molecule is CC(C(=O)NCCOCC(N)=O)C(N)=NO. The highest BCUT2D eigenvalue weighted by atomic mass is 16.5. The van der Waals surface area contributed by atoms with Crippen molar-refractivity contribution in [2.75, 3.05) is 19.8 Å². The van der Waals surface area contributed by atoms with Gasteiger partial charge in [0.1, 0.15) is 6.61 Å². The first-order valence-corrected chi connectivity index (χ1v) is 4.60. The molecule has 2 amide bonds. The summed E-state index contributed by atoms with van der Waals surface area (Å²) in [5.41, 5.74) is 10.1. The van der Waals surface area contributed by atoms with Crippen molar-refractivity contribution < 1.29 is 19.5 Å². The Morgan fingerprint density at radius 2 is 2.12 bits per heavy atom. The van der Waals surface area contributed by atoms with Crippen LogP contribution in [0.3, 0.4) is 0 Å². The first kappa shape index (κ1) is 14.2. The average molecular weight is 232 g/mol. The smallest absolute Gasteiger partial charge is 0.243 e. The molecule has 1 unspecified atom stereocenters. The molecule has 0 aromatic carbocycles. The molecule has 0 aromatic rings. The zero-order chi connectivity index (χ0) is 12.6. The van der Waals surface area contributed by atoms with Crippen molar-refractivity contribution in [3.63, 3.8) is 0 Å². The Kier molecular flexibility index (Phi) is 6.61. The second kappa shape index (κ2) is 7.46. The van der Waals surface area contributed by atoms with E-state index in [-0.39, 0.29) is 25.6 Å². The van der Waals surface area contributed by atoms with Crippen LogP contribution in [0, 0.1) is 5.92 Å². The maximum absolute atomic E-state index is 11.3. The molecule has 0 aromatic heterocycles. The van der Waals surface area contributed by atoms with Crippen molar-refractivity contribution in [3.8, 4) is 0 Å². The minimum atomic E-state index is -0.721. The molecule has 1 atom stereocenters. The number of amides is 2. The molecular formula is C8H16N4O4. The van der Waals surface area contributed by atoms with Crippen LogP contribution in [0.1, 0.15) is 6.92 Å². The van der Waals surface area contributed by atoms with Gasteiger partial charge in [-0.15, -0.1) is 0 Å². The van der Waals surface area contributed by atoms with Crippen LogP contribution in [0.15, 0.2) is 5.16 Å². The predicted molar refractivity (Wildman–Crippen MR) is 55.6 cm³/mol. The van der Waals surface area contributed by atoms with Crippen molar-refractivity contribution in [1.82, 2.24) is 5.32 Å². The number of ether oxygens (including phenoxy) is 1. The quantitative estimate of drug-likeness (QED) is 0.132. The van der Waals surface area contributed by atoms with Gasteiger partial charge in [0.2, 0.25) is 11.8 Å². The van der Waals surface area contributed by atoms with Crippen LogP contribution < -0.4 is 16.8 Å². The monoisotopic (exact) mass is 232 g/mol. The molecule has 8 heteroatoms. The van der Waals surface area contributed by atoms with Crippen molar-refractivity contribution in [2.24, 2.45) is 22.5 Å². The van der Waals surface area contributed by atoms with Crippen molar-refractivity contribution in [1.29, 1.82) is 0 Å². The number of hydrogen-bond acceptors (Lipinski definition) is 5. The summed E-state index contributed by atoms with van der Waals surface area (Å²) in [6.07, 6.45) is 0. The molecule has 0 spiro atoms. The molecule has 16 heavy (non-hydrogen) atoms. The van der Waals surface area contributed by atoms with Crippen LogP contribution in [-0.2, 0) is 14.3 Å². The second-order valence-electron chi connectivity index (χ2n) is 3.06. The Bertz CT molecular complexity index is 279. The lowest BCUT2D eigenvalue weighted by atomic mass is 10.1. The normalized spacial score (nSPS) is 13.2. The molecule has 6 N–H and O–H groups in total. The summed E-state index contributed by atoms with van der Waals surface area (Å²) < 4.78 is 4.81. The third-order valence-corrected chi connectivity index (χ3v) is 1.74. The summed E-state index contributed by atoms with van der Waals surface area (Å²) in [6.45, 7) is 1.69. The van der Waals surface area contributed by atoms with E-state index in [0.29, 0.717) is 0 Å². The van der Waals surface area contributed by atoms with Gasteiger partial charge in [0.25, 0.3) is 0 Å². The number of carbonyl (C=O) groups excluding carboxylic acids is 2. The van der Waals surface area contributed by atoms with Crippen LogP contribution in [0.5, 0.6) is 0 Å². The van der Waals surface area contributed by atoms with Gasteiger partial charge in [-0.25, -0.2) is 0 Å². The average Bonchev–Trinajstić information content (AvgIpc) is 2.25. The summed E-state index contributed by atoms with van der Waals surface area (Å²) in [5, 5.41) is 13.5. The number of carbonyl (C=O) groups is 2. The highest BCUT2D eigenvalue weighted by molar-refractivity contribution is 6.01. The molecule has 92 valence electrons. The van der Waals surface area contributed by atoms with E-state index < -0.39 is 17.7 Å². The highest BCUT2D eigenvalue weighted by Crippen LogP contribution is 1.93. The van der Waals surface area contributed by atoms with Gasteiger partial charge < -0.3 is 26.7 Å². The first-order chi connectivity index (χ1) is 7.49. The molecular weight excluding hydrogens is 216 g/mol. The highest BCUT2D eigenvalue weighted by Gasteiger charge is 2.16. The van der Waals surface area contributed by atoms with Crippen LogP contribution in [0.25, 0.3) is 0 Å². The van der Waals surface area contributed by atoms with E-state index in [4.69, 9.17) is 21.4 Å². The topological polar surface area (TPSA) is 140 Å². The number of rotatable bonds is 7. The second-order valence-corrected chi connectivity index (χ2v) is 3.06. The Morgan fingerprint density at radius 1 is 1.50 bits per heavy atom. The standard InChI is InChI=1S/C8H16N4O4/c1-5(7(10)12-15)8(14)11-2-3-16-4-6(9)13/h5,15H,2-4H2,1H3,(H2,9,13)(H2,10,12)(H,11,14). The van der Waals surface area contributed by atoms with E-state index in [2.05, 4.69) is 10.5 Å². The summed E-state index contributed by atoms with van der Waals surface area (Å²) in [4.78, 5) is 21.6. The predicted octanol–water partition coefficient (Wildman–Crippen LogP) is -2.01. The number of amidine groups is 1. The van der Waals surface area contributed by atoms with E-state index in [1.54, 1.807) is 0 Å². The lowest BCUT2D eigenvalue weighted by molar-refractivity contribution is -0.123. The van der Waals surface area contributed by atoms with Gasteiger partial charge in [-0.05, 0) is 6.92 Å². The first-order valence-electron chi connectivity index (χ1n) is 4.60. The summed E-state index contributed by atoms with van der Waals surface area (Å²) >= 11 is 0. The van der Waals surface area contributed by atoms with Crippen LogP contribution in [0.4, 0.5) is 0 Å². The Morgan fingerprint density at radius 3 is 2.62 bits per heavy atom. The third kappa shape index (κ3) is 5.81. The molecule has 8 nitrogen and oxygen atoms in total. The van der Waals surface area contributed by atoms with Crippen molar-refractivity contribution >= 4 is 17.6 Å². The number of hydrogen-bond donors (Lipinski definition) is 4. The lowest BCUT2D eigenvalue weighted by Crippen LogP contribution is -2.38. The van der Waals surface area contributed by atoms with Gasteiger partial charge >= 0.3 is 0 Å². The van der Waals surface area contributed by atoms with Gasteiger partial charge in [-0.3, -0.25) is 9.59 Å². The summed E-state index contributed by atoms with van der Waals surface area (Å²) in [6, 6.07) is 0. The Hall–Kier alpha value is -1.83. The maximum atomic E-state index is 11.3. The van der Waals surface area contributed by atoms with Crippen molar-refractivity contribution in [2.45, 2.75) is 6.92 Å². The molecule has 0 bridgehead atoms. The minimum Gasteiger partial charge on any atom is -0.409 e. The Labute approximate surface area is 92.6 Å². The van der Waals surface area contributed by atoms with Crippen LogP contribution in [-0.4, -0.2) is 42.6 Å². The largest absolute Gasteiger partial charge is 0.409 e. The molecule has 0 saturated heterocycles. The number of primary amides is 1. The van der Waals surface area contributed by atoms with E-state index in [1.165, 1.54) is 6.92 Å². The summed E-state index contributed by atoms with van der Waals surface area (Å²) in [5.74, 6) is -1.86. The lowest BCUT2D eigenvalue weighted by Gasteiger charge is -2.10. The molecule has 0 saturated carbocycles. The van der Waals surface area contributed by atoms with Gasteiger partial charge in [-0.2, -0.15) is 0 Å². The van der Waals surface area contributed by atoms with E-state index in [0.717, 1.165) is 0 Å². The molecule has 0 aliphatic rings. The fourth-order valence-electron chi connectivity index (χ4n) is 0.793. The van der Waals surface area contributed by atoms with E-state index >= 15 is 0 Å². The van der Waals surface area contributed by atoms with Crippen molar-refractivity contribution in [3.05, 3.63) is 0 Å². The van der Waals surface area contributed by atoms with E-state index in [9.17, 15) is 9.59 Å². The van der Waals surface area contributed by atoms with Gasteiger partial charge in [-0.1, -0.05) is 5.16 Å². The van der Waals surface area contributed by atoms with Gasteiger partial charge in [0.05, 0.1) is 12.5 Å². The minimum absolute atomic E-state index is 0.164. The third-order valence-electron chi connectivity index (χ3n) is 1.74. The number of nitrogens with zero attached hydrogens (tertiary/aromatic N) is 1. The molecule has 0 fully saturated rings. The number of nitrogens with one attached hydrogen (secondary N) is 1. The summed E-state index contributed by atoms with van der Waals surface area (Å²) in [7, 11) is 0. The van der Waals surface area contributed by atoms with E-state index in [1.807, 2.05) is 0 Å². The zero-order valence-electron chi connectivity index (χ0n) is 8.97.